The second-order valence-corrected chi connectivity index (χ2v) is 6.47. The summed E-state index contributed by atoms with van der Waals surface area (Å²) in [6, 6.07) is 7.11. The number of hydrogen-bond donors (Lipinski definition) is 6. The maximum absolute atomic E-state index is 12.7. The van der Waals surface area contributed by atoms with Gasteiger partial charge in [-0.1, -0.05) is 30.3 Å². The summed E-state index contributed by atoms with van der Waals surface area (Å²) in [6.45, 7) is -0.384. The first-order valence-corrected chi connectivity index (χ1v) is 9.40. The summed E-state index contributed by atoms with van der Waals surface area (Å²) in [5, 5.41) is 16.2. The van der Waals surface area contributed by atoms with Gasteiger partial charge in [-0.15, -0.1) is 0 Å². The van der Waals surface area contributed by atoms with Gasteiger partial charge in [0, 0.05) is 6.42 Å². The Balaban J connectivity index is 2.90. The van der Waals surface area contributed by atoms with E-state index in [0.717, 1.165) is 5.56 Å². The average molecular weight is 407 g/mol. The van der Waals surface area contributed by atoms with Crippen LogP contribution in [0.5, 0.6) is 0 Å². The molecule has 0 aliphatic heterocycles. The number of carboxylic acids is 1. The van der Waals surface area contributed by atoms with Gasteiger partial charge in [-0.2, -0.15) is 0 Å². The highest BCUT2D eigenvalue weighted by Gasteiger charge is 2.26. The van der Waals surface area contributed by atoms with Gasteiger partial charge >= 0.3 is 5.97 Å². The van der Waals surface area contributed by atoms with Crippen molar-refractivity contribution in [1.29, 1.82) is 0 Å². The molecule has 0 heterocycles. The predicted molar refractivity (Wildman–Crippen MR) is 107 cm³/mol. The predicted octanol–water partition coefficient (Wildman–Crippen LogP) is -1.51. The van der Waals surface area contributed by atoms with E-state index in [9.17, 15) is 19.2 Å². The first-order valence-electron chi connectivity index (χ1n) is 9.40. The number of carbonyl (C=O) groups excluding carboxylic acids is 3. The van der Waals surface area contributed by atoms with Crippen molar-refractivity contribution in [2.24, 2.45) is 11.5 Å². The van der Waals surface area contributed by atoms with E-state index in [-0.39, 0.29) is 13.0 Å². The summed E-state index contributed by atoms with van der Waals surface area (Å²) in [7, 11) is 0. The maximum Gasteiger partial charge on any atom is 0.322 e. The monoisotopic (exact) mass is 407 g/mol. The Morgan fingerprint density at radius 2 is 1.62 bits per heavy atom. The van der Waals surface area contributed by atoms with E-state index < -0.39 is 42.3 Å². The number of carbonyl (C=O) groups is 4. The molecule has 10 nitrogen and oxygen atoms in total. The van der Waals surface area contributed by atoms with Crippen LogP contribution in [0, 0.1) is 0 Å². The number of aliphatic carboxylic acids is 1. The summed E-state index contributed by atoms with van der Waals surface area (Å²) in [4.78, 5) is 47.6. The Labute approximate surface area is 169 Å². The van der Waals surface area contributed by atoms with E-state index >= 15 is 0 Å². The molecular formula is C19H29N5O5. The summed E-state index contributed by atoms with van der Waals surface area (Å²) in [5.74, 6) is -2.86. The van der Waals surface area contributed by atoms with Crippen LogP contribution in [-0.4, -0.2) is 60.5 Å². The molecule has 0 bridgehead atoms. The van der Waals surface area contributed by atoms with Crippen LogP contribution in [0.2, 0.25) is 0 Å². The largest absolute Gasteiger partial charge is 0.480 e. The van der Waals surface area contributed by atoms with E-state index in [1.54, 1.807) is 24.3 Å². The van der Waals surface area contributed by atoms with Crippen molar-refractivity contribution >= 4 is 23.7 Å². The van der Waals surface area contributed by atoms with Gasteiger partial charge in [0.25, 0.3) is 0 Å². The van der Waals surface area contributed by atoms with E-state index in [1.165, 1.54) is 0 Å². The standard InChI is InChI=1S/C19H29N5O5/c20-9-5-4-8-14(23-16(25)11-21)19(29)24-15(18(28)22-12-17(26)27)10-13-6-2-1-3-7-13/h1-3,6-7,14-15H,4-5,8-12,20-21H2,(H,22,28)(H,23,25)(H,24,29)(H,26,27). The zero-order chi connectivity index (χ0) is 21.6. The average Bonchev–Trinajstić information content (AvgIpc) is 2.71. The molecule has 3 amide bonds. The molecule has 29 heavy (non-hydrogen) atoms. The zero-order valence-electron chi connectivity index (χ0n) is 16.2. The van der Waals surface area contributed by atoms with Gasteiger partial charge in [-0.05, 0) is 31.4 Å². The minimum atomic E-state index is -1.20. The number of hydrogen-bond acceptors (Lipinski definition) is 6. The van der Waals surface area contributed by atoms with Crippen LogP contribution in [0.15, 0.2) is 30.3 Å². The topological polar surface area (TPSA) is 177 Å². The van der Waals surface area contributed by atoms with Crippen LogP contribution in [0.25, 0.3) is 0 Å². The van der Waals surface area contributed by atoms with Crippen LogP contribution in [-0.2, 0) is 25.6 Å². The molecule has 0 aliphatic carbocycles. The second kappa shape index (κ2) is 13.2. The zero-order valence-corrected chi connectivity index (χ0v) is 16.2. The molecule has 2 atom stereocenters. The molecule has 1 aromatic rings. The van der Waals surface area contributed by atoms with E-state index in [4.69, 9.17) is 16.6 Å². The highest BCUT2D eigenvalue weighted by atomic mass is 16.4. The van der Waals surface area contributed by atoms with E-state index in [2.05, 4.69) is 16.0 Å². The minimum absolute atomic E-state index is 0.165. The Kier molecular flexibility index (Phi) is 11.0. The lowest BCUT2D eigenvalue weighted by Crippen LogP contribution is -2.55. The van der Waals surface area contributed by atoms with Gasteiger partial charge in [0.05, 0.1) is 6.54 Å². The number of nitrogens with one attached hydrogen (secondary N) is 3. The quantitative estimate of drug-likeness (QED) is 0.215. The Bertz CT molecular complexity index is 683. The fraction of sp³-hybridized carbons (Fsp3) is 0.474. The molecular weight excluding hydrogens is 378 g/mol. The lowest BCUT2D eigenvalue weighted by Gasteiger charge is -2.23. The molecule has 8 N–H and O–H groups in total. The van der Waals surface area contributed by atoms with Gasteiger partial charge in [0.1, 0.15) is 18.6 Å². The Morgan fingerprint density at radius 3 is 2.21 bits per heavy atom. The van der Waals surface area contributed by atoms with Crippen LogP contribution >= 0.6 is 0 Å². The number of rotatable bonds is 13. The molecule has 0 radical (unpaired) electrons. The van der Waals surface area contributed by atoms with Crippen molar-refractivity contribution in [3.05, 3.63) is 35.9 Å². The Morgan fingerprint density at radius 1 is 0.931 bits per heavy atom. The summed E-state index contributed by atoms with van der Waals surface area (Å²) < 4.78 is 0. The van der Waals surface area contributed by atoms with Crippen molar-refractivity contribution in [3.8, 4) is 0 Å². The van der Waals surface area contributed by atoms with Gasteiger partial charge < -0.3 is 32.5 Å². The molecule has 0 spiro atoms. The number of amides is 3. The maximum atomic E-state index is 12.7. The van der Waals surface area contributed by atoms with Gasteiger partial charge in [-0.25, -0.2) is 0 Å². The summed E-state index contributed by atoms with van der Waals surface area (Å²) in [6.07, 6.45) is 1.78. The van der Waals surface area contributed by atoms with Gasteiger partial charge in [0.2, 0.25) is 17.7 Å². The molecule has 1 rings (SSSR count). The SMILES string of the molecule is NCCCCC(NC(=O)CN)C(=O)NC(Cc1ccccc1)C(=O)NCC(=O)O. The summed E-state index contributed by atoms with van der Waals surface area (Å²) in [5.41, 5.74) is 11.6. The van der Waals surface area contributed by atoms with E-state index in [1.807, 2.05) is 6.07 Å². The van der Waals surface area contributed by atoms with Crippen molar-refractivity contribution < 1.29 is 24.3 Å². The second-order valence-electron chi connectivity index (χ2n) is 6.47. The van der Waals surface area contributed by atoms with Crippen molar-refractivity contribution in [1.82, 2.24) is 16.0 Å². The van der Waals surface area contributed by atoms with Crippen molar-refractivity contribution in [3.63, 3.8) is 0 Å². The highest BCUT2D eigenvalue weighted by Crippen LogP contribution is 2.06. The first kappa shape index (κ1) is 24.1. The molecule has 2 unspecified atom stereocenters. The molecule has 0 aromatic heterocycles. The Hall–Kier alpha value is -2.98. The fourth-order valence-corrected chi connectivity index (χ4v) is 2.63. The normalized spacial score (nSPS) is 12.5. The third-order valence-electron chi connectivity index (χ3n) is 4.11. The lowest BCUT2D eigenvalue weighted by molar-refractivity contribution is -0.138. The molecule has 0 aliphatic rings. The third kappa shape index (κ3) is 9.67. The van der Waals surface area contributed by atoms with Crippen LogP contribution < -0.4 is 27.4 Å². The number of unbranched alkanes of at least 4 members (excludes halogenated alkanes) is 1. The third-order valence-corrected chi connectivity index (χ3v) is 4.11. The van der Waals surface area contributed by atoms with Crippen molar-refractivity contribution in [2.75, 3.05) is 19.6 Å². The molecule has 10 heteroatoms. The molecule has 0 fully saturated rings. The van der Waals surface area contributed by atoms with Gasteiger partial charge in [-0.3, -0.25) is 19.2 Å². The van der Waals surface area contributed by atoms with Crippen molar-refractivity contribution in [2.45, 2.75) is 37.8 Å². The number of carboxylic acid groups (broad SMARTS) is 1. The molecule has 1 aromatic carbocycles. The summed E-state index contributed by atoms with van der Waals surface area (Å²) >= 11 is 0. The molecule has 160 valence electrons. The first-order chi connectivity index (χ1) is 13.9. The molecule has 0 saturated carbocycles. The van der Waals surface area contributed by atoms with Gasteiger partial charge in [0.15, 0.2) is 0 Å². The van der Waals surface area contributed by atoms with Crippen LogP contribution in [0.3, 0.4) is 0 Å². The van der Waals surface area contributed by atoms with Crippen LogP contribution in [0.4, 0.5) is 0 Å². The molecule has 0 saturated heterocycles. The van der Waals surface area contributed by atoms with E-state index in [0.29, 0.717) is 25.8 Å². The lowest BCUT2D eigenvalue weighted by atomic mass is 10.0. The van der Waals surface area contributed by atoms with Crippen LogP contribution in [0.1, 0.15) is 24.8 Å². The fourth-order valence-electron chi connectivity index (χ4n) is 2.63. The highest BCUT2D eigenvalue weighted by molar-refractivity contribution is 5.93. The minimum Gasteiger partial charge on any atom is -0.480 e. The number of nitrogens with two attached hydrogens (primary N) is 2. The number of benzene rings is 1. The smallest absolute Gasteiger partial charge is 0.322 e.